The van der Waals surface area contributed by atoms with Gasteiger partial charge >= 0.3 is 0 Å². The number of likely N-dealkylation sites (tertiary alicyclic amines) is 1. The zero-order valence-corrected chi connectivity index (χ0v) is 14.4. The molecule has 1 aliphatic heterocycles. The fourth-order valence-corrected chi connectivity index (χ4v) is 4.26. The maximum atomic E-state index is 12.5. The van der Waals surface area contributed by atoms with Crippen LogP contribution in [-0.2, 0) is 0 Å². The molecule has 1 aliphatic carbocycles. The minimum absolute atomic E-state index is 0.0611. The van der Waals surface area contributed by atoms with E-state index >= 15 is 0 Å². The molecule has 0 aromatic heterocycles. The molecule has 4 nitrogen and oxygen atoms in total. The molecule has 0 spiro atoms. The van der Waals surface area contributed by atoms with E-state index in [-0.39, 0.29) is 11.4 Å². The number of carbonyl (C=O) groups excluding carboxylic acids is 1. The molecule has 0 atom stereocenters. The Hall–Kier alpha value is -1.86. The fourth-order valence-electron chi connectivity index (χ4n) is 4.26. The van der Waals surface area contributed by atoms with Crippen LogP contribution >= 0.6 is 0 Å². The van der Waals surface area contributed by atoms with Crippen LogP contribution in [-0.4, -0.2) is 36.0 Å². The molecule has 24 heavy (non-hydrogen) atoms. The van der Waals surface area contributed by atoms with Gasteiger partial charge in [0.15, 0.2) is 0 Å². The molecular weight excluding hydrogens is 298 g/mol. The molecule has 0 unspecified atom stereocenters. The fraction of sp³-hybridized carbons (Fsp3) is 0.600. The molecule has 128 valence electrons. The number of nitriles is 1. The van der Waals surface area contributed by atoms with Crippen LogP contribution in [0.1, 0.15) is 67.3 Å². The van der Waals surface area contributed by atoms with Gasteiger partial charge in [-0.05, 0) is 57.0 Å². The number of hydrogen-bond acceptors (Lipinski definition) is 3. The highest BCUT2D eigenvalue weighted by atomic mass is 16.1. The van der Waals surface area contributed by atoms with Crippen molar-refractivity contribution >= 4 is 5.91 Å². The number of benzene rings is 1. The maximum absolute atomic E-state index is 12.5. The summed E-state index contributed by atoms with van der Waals surface area (Å²) in [6, 6.07) is 9.05. The van der Waals surface area contributed by atoms with Crippen molar-refractivity contribution in [2.24, 2.45) is 0 Å². The summed E-state index contributed by atoms with van der Waals surface area (Å²) in [6.07, 6.45) is 10.1. The number of nitrogens with zero attached hydrogens (tertiary/aromatic N) is 2. The smallest absolute Gasteiger partial charge is 0.251 e. The highest BCUT2D eigenvalue weighted by Crippen LogP contribution is 2.35. The third-order valence-corrected chi connectivity index (χ3v) is 5.64. The van der Waals surface area contributed by atoms with E-state index < -0.39 is 0 Å². The quantitative estimate of drug-likeness (QED) is 0.922. The van der Waals surface area contributed by atoms with E-state index in [9.17, 15) is 4.79 Å². The first-order chi connectivity index (χ1) is 11.7. The largest absolute Gasteiger partial charge is 0.350 e. The zero-order valence-electron chi connectivity index (χ0n) is 14.4. The molecule has 4 heteroatoms. The first-order valence-corrected chi connectivity index (χ1v) is 9.27. The summed E-state index contributed by atoms with van der Waals surface area (Å²) in [7, 11) is 0. The lowest BCUT2D eigenvalue weighted by atomic mass is 9.79. The number of carbonyl (C=O) groups is 1. The highest BCUT2D eigenvalue weighted by molar-refractivity contribution is 5.94. The Kier molecular flexibility index (Phi) is 5.52. The molecule has 1 aromatic carbocycles. The van der Waals surface area contributed by atoms with Crippen molar-refractivity contribution in [2.75, 3.05) is 19.6 Å². The van der Waals surface area contributed by atoms with Crippen LogP contribution in [0.5, 0.6) is 0 Å². The van der Waals surface area contributed by atoms with Crippen LogP contribution in [0.4, 0.5) is 0 Å². The summed E-state index contributed by atoms with van der Waals surface area (Å²) in [4.78, 5) is 15.2. The number of nitrogens with one attached hydrogen (secondary N) is 1. The molecule has 1 heterocycles. The van der Waals surface area contributed by atoms with E-state index in [0.717, 1.165) is 6.54 Å². The summed E-state index contributed by atoms with van der Waals surface area (Å²) in [5.41, 5.74) is 1.26. The van der Waals surface area contributed by atoms with Gasteiger partial charge in [-0.15, -0.1) is 0 Å². The van der Waals surface area contributed by atoms with E-state index in [1.54, 1.807) is 24.3 Å². The van der Waals surface area contributed by atoms with Crippen LogP contribution in [0.15, 0.2) is 24.3 Å². The zero-order chi connectivity index (χ0) is 16.8. The average molecular weight is 325 g/mol. The first-order valence-electron chi connectivity index (χ1n) is 9.27. The monoisotopic (exact) mass is 325 g/mol. The minimum Gasteiger partial charge on any atom is -0.350 e. The van der Waals surface area contributed by atoms with Crippen molar-refractivity contribution in [3.8, 4) is 6.07 Å². The SMILES string of the molecule is N#Cc1cccc(C(=O)NCC2(N3CCCCC3)CCCCC2)c1. The molecule has 0 bridgehead atoms. The van der Waals surface area contributed by atoms with Gasteiger partial charge in [-0.3, -0.25) is 9.69 Å². The average Bonchev–Trinajstić information content (AvgIpc) is 2.67. The molecule has 1 saturated heterocycles. The van der Waals surface area contributed by atoms with Gasteiger partial charge in [0.1, 0.15) is 0 Å². The van der Waals surface area contributed by atoms with Gasteiger partial charge in [0, 0.05) is 17.6 Å². The minimum atomic E-state index is -0.0611. The van der Waals surface area contributed by atoms with Crippen LogP contribution in [0.2, 0.25) is 0 Å². The molecule has 0 radical (unpaired) electrons. The van der Waals surface area contributed by atoms with Gasteiger partial charge in [-0.2, -0.15) is 5.26 Å². The Balaban J connectivity index is 1.68. The lowest BCUT2D eigenvalue weighted by Gasteiger charge is -2.48. The molecule has 1 amide bonds. The second-order valence-corrected chi connectivity index (χ2v) is 7.21. The Morgan fingerprint density at radius 2 is 1.83 bits per heavy atom. The van der Waals surface area contributed by atoms with E-state index in [0.29, 0.717) is 11.1 Å². The molecular formula is C20H27N3O. The van der Waals surface area contributed by atoms with Crippen molar-refractivity contribution in [3.05, 3.63) is 35.4 Å². The number of rotatable bonds is 4. The highest BCUT2D eigenvalue weighted by Gasteiger charge is 2.38. The molecule has 2 fully saturated rings. The summed E-state index contributed by atoms with van der Waals surface area (Å²) in [5.74, 6) is -0.0611. The summed E-state index contributed by atoms with van der Waals surface area (Å²) < 4.78 is 0. The van der Waals surface area contributed by atoms with Gasteiger partial charge in [0.05, 0.1) is 11.6 Å². The van der Waals surface area contributed by atoms with Crippen molar-refractivity contribution in [1.29, 1.82) is 5.26 Å². The van der Waals surface area contributed by atoms with Gasteiger partial charge < -0.3 is 5.32 Å². The van der Waals surface area contributed by atoms with E-state index in [4.69, 9.17) is 5.26 Å². The third-order valence-electron chi connectivity index (χ3n) is 5.64. The van der Waals surface area contributed by atoms with Crippen molar-refractivity contribution in [2.45, 2.75) is 56.9 Å². The molecule has 2 aliphatic rings. The normalized spacial score (nSPS) is 21.0. The standard InChI is InChI=1S/C20H27N3O/c21-15-17-8-7-9-18(14-17)19(24)22-16-20(10-3-1-4-11-20)23-12-5-2-6-13-23/h7-9,14H,1-6,10-13,16H2,(H,22,24). The van der Waals surface area contributed by atoms with Gasteiger partial charge in [0.25, 0.3) is 5.91 Å². The Morgan fingerprint density at radius 3 is 2.54 bits per heavy atom. The lowest BCUT2D eigenvalue weighted by Crippen LogP contribution is -2.58. The second-order valence-electron chi connectivity index (χ2n) is 7.21. The van der Waals surface area contributed by atoms with Crippen LogP contribution in [0.25, 0.3) is 0 Å². The van der Waals surface area contributed by atoms with Gasteiger partial charge in [-0.25, -0.2) is 0 Å². The number of hydrogen-bond donors (Lipinski definition) is 1. The van der Waals surface area contributed by atoms with Crippen molar-refractivity contribution in [1.82, 2.24) is 10.2 Å². The number of piperidine rings is 1. The van der Waals surface area contributed by atoms with E-state index in [2.05, 4.69) is 16.3 Å². The van der Waals surface area contributed by atoms with Crippen molar-refractivity contribution < 1.29 is 4.79 Å². The predicted octanol–water partition coefficient (Wildman–Crippen LogP) is 3.48. The maximum Gasteiger partial charge on any atom is 0.251 e. The molecule has 1 saturated carbocycles. The molecule has 1 N–H and O–H groups in total. The Morgan fingerprint density at radius 1 is 1.12 bits per heavy atom. The van der Waals surface area contributed by atoms with Crippen LogP contribution in [0, 0.1) is 11.3 Å². The third kappa shape index (κ3) is 3.79. The van der Waals surface area contributed by atoms with E-state index in [1.807, 2.05) is 0 Å². The summed E-state index contributed by atoms with van der Waals surface area (Å²) in [5, 5.41) is 12.2. The van der Waals surface area contributed by atoms with Crippen LogP contribution < -0.4 is 5.32 Å². The van der Waals surface area contributed by atoms with Gasteiger partial charge in [0.2, 0.25) is 0 Å². The topological polar surface area (TPSA) is 56.1 Å². The van der Waals surface area contributed by atoms with Gasteiger partial charge in [-0.1, -0.05) is 31.7 Å². The summed E-state index contributed by atoms with van der Waals surface area (Å²) in [6.45, 7) is 3.06. The lowest BCUT2D eigenvalue weighted by molar-refractivity contribution is 0.0326. The number of amides is 1. The Labute approximate surface area is 144 Å². The Bertz CT molecular complexity index is 608. The second kappa shape index (κ2) is 7.81. The molecule has 3 rings (SSSR count). The van der Waals surface area contributed by atoms with Crippen LogP contribution in [0.3, 0.4) is 0 Å². The summed E-state index contributed by atoms with van der Waals surface area (Å²) >= 11 is 0. The predicted molar refractivity (Wildman–Crippen MR) is 94.7 cm³/mol. The molecule has 1 aromatic rings. The van der Waals surface area contributed by atoms with E-state index in [1.165, 1.54) is 64.5 Å². The van der Waals surface area contributed by atoms with Crippen molar-refractivity contribution in [3.63, 3.8) is 0 Å². The first kappa shape index (κ1) is 17.0.